The number of rotatable bonds is 4. The van der Waals surface area contributed by atoms with Crippen molar-refractivity contribution in [3.63, 3.8) is 0 Å². The van der Waals surface area contributed by atoms with Gasteiger partial charge in [-0.25, -0.2) is 4.39 Å². The maximum atomic E-state index is 14.6. The largest absolute Gasteiger partial charge is 0.497 e. The molecule has 6 heteroatoms. The molecule has 3 aromatic rings. The molecule has 0 saturated carbocycles. The SMILES string of the molecule is COc1ccc(Cn2cc([C@@H]3OCC[C@H](O)[C@H]3O)c3c(F)cccc32)cc1. The van der Waals surface area contributed by atoms with E-state index in [1.54, 1.807) is 13.2 Å². The van der Waals surface area contributed by atoms with Crippen molar-refractivity contribution >= 4 is 10.9 Å². The van der Waals surface area contributed by atoms with Crippen molar-refractivity contribution in [3.05, 3.63) is 65.6 Å². The minimum absolute atomic E-state index is 0.322. The molecule has 142 valence electrons. The zero-order valence-corrected chi connectivity index (χ0v) is 15.0. The lowest BCUT2D eigenvalue weighted by molar-refractivity contribution is -0.136. The predicted octanol–water partition coefficient (Wildman–Crippen LogP) is 3.02. The summed E-state index contributed by atoms with van der Waals surface area (Å²) in [4.78, 5) is 0. The van der Waals surface area contributed by atoms with E-state index in [-0.39, 0.29) is 5.82 Å². The first-order valence-electron chi connectivity index (χ1n) is 8.96. The van der Waals surface area contributed by atoms with Crippen LogP contribution in [0.15, 0.2) is 48.7 Å². The summed E-state index contributed by atoms with van der Waals surface area (Å²) in [6.45, 7) is 0.859. The average molecular weight is 371 g/mol. The molecule has 2 heterocycles. The first-order valence-corrected chi connectivity index (χ1v) is 8.96. The molecule has 1 aliphatic heterocycles. The van der Waals surface area contributed by atoms with Gasteiger partial charge in [-0.05, 0) is 36.2 Å². The van der Waals surface area contributed by atoms with E-state index < -0.39 is 18.3 Å². The van der Waals surface area contributed by atoms with Gasteiger partial charge in [0.2, 0.25) is 0 Å². The Morgan fingerprint density at radius 3 is 2.70 bits per heavy atom. The number of aliphatic hydroxyl groups is 2. The third-order valence-corrected chi connectivity index (χ3v) is 5.12. The normalized spacial score (nSPS) is 22.9. The van der Waals surface area contributed by atoms with E-state index in [4.69, 9.17) is 9.47 Å². The lowest BCUT2D eigenvalue weighted by atomic mass is 9.96. The fourth-order valence-electron chi connectivity index (χ4n) is 3.67. The average Bonchev–Trinajstić information content (AvgIpc) is 3.04. The summed E-state index contributed by atoms with van der Waals surface area (Å²) >= 11 is 0. The van der Waals surface area contributed by atoms with Crippen LogP contribution in [0.25, 0.3) is 10.9 Å². The van der Waals surface area contributed by atoms with E-state index in [0.717, 1.165) is 16.8 Å². The highest BCUT2D eigenvalue weighted by Crippen LogP contribution is 2.36. The number of methoxy groups -OCH3 is 1. The standard InChI is InChI=1S/C21H22FNO4/c1-26-14-7-5-13(6-8-14)11-23-12-15(19-16(22)3-2-4-17(19)23)21-20(25)18(24)9-10-27-21/h2-8,12,18,20-21,24-25H,9-11H2,1H3/t18-,20+,21-/m0/s1. The number of fused-ring (bicyclic) bond motifs is 1. The molecule has 0 aliphatic carbocycles. The minimum Gasteiger partial charge on any atom is -0.497 e. The third kappa shape index (κ3) is 3.32. The van der Waals surface area contributed by atoms with Gasteiger partial charge in [0.25, 0.3) is 0 Å². The van der Waals surface area contributed by atoms with Gasteiger partial charge in [-0.2, -0.15) is 0 Å². The molecule has 0 unspecified atom stereocenters. The molecule has 0 bridgehead atoms. The van der Waals surface area contributed by atoms with Crippen molar-refractivity contribution in [1.82, 2.24) is 4.57 Å². The Morgan fingerprint density at radius 1 is 1.19 bits per heavy atom. The van der Waals surface area contributed by atoms with Gasteiger partial charge < -0.3 is 24.3 Å². The van der Waals surface area contributed by atoms with E-state index in [2.05, 4.69) is 0 Å². The van der Waals surface area contributed by atoms with Crippen LogP contribution in [0.1, 0.15) is 23.7 Å². The quantitative estimate of drug-likeness (QED) is 0.740. The molecule has 0 spiro atoms. The van der Waals surface area contributed by atoms with Gasteiger partial charge >= 0.3 is 0 Å². The topological polar surface area (TPSA) is 63.9 Å². The Bertz CT molecular complexity index is 937. The molecular weight excluding hydrogens is 349 g/mol. The summed E-state index contributed by atoms with van der Waals surface area (Å²) in [5.74, 6) is 0.405. The first-order chi connectivity index (χ1) is 13.1. The molecule has 2 N–H and O–H groups in total. The number of ether oxygens (including phenoxy) is 2. The number of aromatic nitrogens is 1. The second-order valence-corrected chi connectivity index (χ2v) is 6.83. The lowest BCUT2D eigenvalue weighted by Crippen LogP contribution is -2.39. The fourth-order valence-corrected chi connectivity index (χ4v) is 3.67. The summed E-state index contributed by atoms with van der Waals surface area (Å²) in [6, 6.07) is 12.6. The third-order valence-electron chi connectivity index (χ3n) is 5.12. The molecule has 0 amide bonds. The smallest absolute Gasteiger partial charge is 0.132 e. The highest BCUT2D eigenvalue weighted by molar-refractivity contribution is 5.85. The summed E-state index contributed by atoms with van der Waals surface area (Å²) in [6.07, 6.45) is -0.548. The molecule has 1 saturated heterocycles. The second-order valence-electron chi connectivity index (χ2n) is 6.83. The van der Waals surface area contributed by atoms with Crippen LogP contribution in [0.2, 0.25) is 0 Å². The van der Waals surface area contributed by atoms with Crippen LogP contribution in [0.5, 0.6) is 5.75 Å². The summed E-state index contributed by atoms with van der Waals surface area (Å²) < 4.78 is 27.5. The van der Waals surface area contributed by atoms with Crippen molar-refractivity contribution in [3.8, 4) is 5.75 Å². The molecule has 5 nitrogen and oxygen atoms in total. The summed E-state index contributed by atoms with van der Waals surface area (Å²) in [5, 5.41) is 20.8. The molecule has 3 atom stereocenters. The van der Waals surface area contributed by atoms with Gasteiger partial charge in [-0.1, -0.05) is 18.2 Å². The van der Waals surface area contributed by atoms with Crippen LogP contribution < -0.4 is 4.74 Å². The number of hydrogen-bond acceptors (Lipinski definition) is 4. The summed E-state index contributed by atoms with van der Waals surface area (Å²) in [7, 11) is 1.62. The lowest BCUT2D eigenvalue weighted by Gasteiger charge is -2.31. The van der Waals surface area contributed by atoms with Crippen LogP contribution in [-0.2, 0) is 11.3 Å². The van der Waals surface area contributed by atoms with Gasteiger partial charge in [0.15, 0.2) is 0 Å². The minimum atomic E-state index is -1.08. The Labute approximate surface area is 156 Å². The molecule has 1 aliphatic rings. The Kier molecular flexibility index (Phi) is 4.86. The van der Waals surface area contributed by atoms with Crippen LogP contribution in [0, 0.1) is 5.82 Å². The second kappa shape index (κ2) is 7.31. The number of nitrogens with zero attached hydrogens (tertiary/aromatic N) is 1. The Balaban J connectivity index is 1.76. The van der Waals surface area contributed by atoms with E-state index in [0.29, 0.717) is 30.5 Å². The molecule has 4 rings (SSSR count). The van der Waals surface area contributed by atoms with E-state index >= 15 is 0 Å². The predicted molar refractivity (Wildman–Crippen MR) is 99.3 cm³/mol. The zero-order chi connectivity index (χ0) is 19.0. The van der Waals surface area contributed by atoms with Crippen molar-refractivity contribution in [2.45, 2.75) is 31.3 Å². The Hall–Kier alpha value is -2.41. The molecule has 0 radical (unpaired) electrons. The van der Waals surface area contributed by atoms with Crippen molar-refractivity contribution in [1.29, 1.82) is 0 Å². The zero-order valence-electron chi connectivity index (χ0n) is 15.0. The highest BCUT2D eigenvalue weighted by atomic mass is 19.1. The van der Waals surface area contributed by atoms with Gasteiger partial charge in [0.1, 0.15) is 23.8 Å². The molecule has 1 aromatic heterocycles. The van der Waals surface area contributed by atoms with E-state index in [1.165, 1.54) is 6.07 Å². The molecule has 2 aromatic carbocycles. The number of aliphatic hydroxyl groups excluding tert-OH is 2. The Morgan fingerprint density at radius 2 is 1.96 bits per heavy atom. The number of halogens is 1. The van der Waals surface area contributed by atoms with Crippen LogP contribution in [0.3, 0.4) is 0 Å². The maximum Gasteiger partial charge on any atom is 0.132 e. The van der Waals surface area contributed by atoms with Crippen LogP contribution in [-0.4, -0.2) is 40.7 Å². The van der Waals surface area contributed by atoms with Crippen molar-refractivity contribution in [2.24, 2.45) is 0 Å². The monoisotopic (exact) mass is 371 g/mol. The number of hydrogen-bond donors (Lipinski definition) is 2. The molecular formula is C21H22FNO4. The molecule has 27 heavy (non-hydrogen) atoms. The van der Waals surface area contributed by atoms with Gasteiger partial charge in [0, 0.05) is 23.7 Å². The van der Waals surface area contributed by atoms with Crippen LogP contribution >= 0.6 is 0 Å². The highest BCUT2D eigenvalue weighted by Gasteiger charge is 2.35. The maximum absolute atomic E-state index is 14.6. The first kappa shape index (κ1) is 18.0. The van der Waals surface area contributed by atoms with Gasteiger partial charge in [0.05, 0.1) is 25.3 Å². The summed E-state index contributed by atoms with van der Waals surface area (Å²) in [5.41, 5.74) is 2.31. The van der Waals surface area contributed by atoms with Gasteiger partial charge in [-0.15, -0.1) is 0 Å². The van der Waals surface area contributed by atoms with Crippen molar-refractivity contribution in [2.75, 3.05) is 13.7 Å². The van der Waals surface area contributed by atoms with Gasteiger partial charge in [-0.3, -0.25) is 0 Å². The number of benzene rings is 2. The van der Waals surface area contributed by atoms with Crippen molar-refractivity contribution < 1.29 is 24.1 Å². The van der Waals surface area contributed by atoms with E-state index in [9.17, 15) is 14.6 Å². The van der Waals surface area contributed by atoms with E-state index in [1.807, 2.05) is 41.1 Å². The molecule has 1 fully saturated rings. The van der Waals surface area contributed by atoms with Crippen LogP contribution in [0.4, 0.5) is 4.39 Å². The fraction of sp³-hybridized carbons (Fsp3) is 0.333.